The predicted octanol–water partition coefficient (Wildman–Crippen LogP) is 1.92. The molecule has 0 unspecified atom stereocenters. The Morgan fingerprint density at radius 2 is 1.65 bits per heavy atom. The third-order valence-corrected chi connectivity index (χ3v) is 4.09. The van der Waals surface area contributed by atoms with Gasteiger partial charge < -0.3 is 19.1 Å². The summed E-state index contributed by atoms with van der Waals surface area (Å²) in [6.07, 6.45) is 3.35. The Balaban J connectivity index is 1.98. The van der Waals surface area contributed by atoms with Gasteiger partial charge in [-0.05, 0) is 24.3 Å². The molecule has 3 aromatic rings. The summed E-state index contributed by atoms with van der Waals surface area (Å²) in [4.78, 5) is 11.0. The molecular weight excluding hydrogens is 334 g/mol. The Hall–Kier alpha value is -2.71. The normalized spacial score (nSPS) is 11.0. The molecule has 0 aliphatic heterocycles. The zero-order chi connectivity index (χ0) is 18.4. The average molecular weight is 357 g/mol. The fraction of sp³-hybridized carbons (Fsp3) is 0.389. The van der Waals surface area contributed by atoms with E-state index >= 15 is 0 Å². The Labute approximate surface area is 152 Å². The molecule has 0 amide bonds. The van der Waals surface area contributed by atoms with Gasteiger partial charge in [0.1, 0.15) is 17.9 Å². The van der Waals surface area contributed by atoms with Gasteiger partial charge in [-0.15, -0.1) is 0 Å². The molecule has 3 rings (SSSR count). The van der Waals surface area contributed by atoms with Crippen LogP contribution in [0.5, 0.6) is 5.75 Å². The van der Waals surface area contributed by atoms with E-state index < -0.39 is 0 Å². The van der Waals surface area contributed by atoms with Gasteiger partial charge in [-0.2, -0.15) is 5.10 Å². The fourth-order valence-electron chi connectivity index (χ4n) is 2.72. The molecule has 1 aromatic carbocycles. The zero-order valence-corrected chi connectivity index (χ0v) is 15.3. The van der Waals surface area contributed by atoms with Gasteiger partial charge in [0.05, 0.1) is 37.6 Å². The first kappa shape index (κ1) is 18.1. The van der Waals surface area contributed by atoms with Crippen LogP contribution in [0, 0.1) is 0 Å². The molecule has 8 heteroatoms. The highest BCUT2D eigenvalue weighted by Gasteiger charge is 2.16. The number of ether oxygens (including phenoxy) is 3. The molecule has 0 saturated carbocycles. The number of fused-ring (bicyclic) bond motifs is 1. The minimum Gasteiger partial charge on any atom is -0.497 e. The molecule has 0 aliphatic carbocycles. The lowest BCUT2D eigenvalue weighted by molar-refractivity contribution is 0.190. The van der Waals surface area contributed by atoms with Gasteiger partial charge in [-0.1, -0.05) is 0 Å². The van der Waals surface area contributed by atoms with E-state index in [1.54, 1.807) is 38.5 Å². The first-order valence-corrected chi connectivity index (χ1v) is 8.34. The van der Waals surface area contributed by atoms with Gasteiger partial charge in [0, 0.05) is 27.3 Å². The lowest BCUT2D eigenvalue weighted by Gasteiger charge is -2.23. The number of nitrogens with zero attached hydrogens (tertiary/aromatic N) is 5. The highest BCUT2D eigenvalue weighted by Crippen LogP contribution is 2.25. The first-order chi connectivity index (χ1) is 12.8. The van der Waals surface area contributed by atoms with Crippen LogP contribution in [0.25, 0.3) is 16.7 Å². The van der Waals surface area contributed by atoms with E-state index in [1.807, 2.05) is 24.3 Å². The van der Waals surface area contributed by atoms with Gasteiger partial charge in [-0.3, -0.25) is 0 Å². The van der Waals surface area contributed by atoms with E-state index in [-0.39, 0.29) is 0 Å². The molecule has 2 aromatic heterocycles. The maximum atomic E-state index is 5.22. The Morgan fingerprint density at radius 3 is 2.27 bits per heavy atom. The number of hydrogen-bond donors (Lipinski definition) is 0. The van der Waals surface area contributed by atoms with E-state index in [4.69, 9.17) is 14.2 Å². The Bertz CT molecular complexity index is 826. The molecule has 0 bridgehead atoms. The van der Waals surface area contributed by atoms with Crippen LogP contribution >= 0.6 is 0 Å². The largest absolute Gasteiger partial charge is 0.497 e. The summed E-state index contributed by atoms with van der Waals surface area (Å²) in [6.45, 7) is 2.61. The summed E-state index contributed by atoms with van der Waals surface area (Å²) in [5, 5.41) is 5.39. The van der Waals surface area contributed by atoms with Crippen LogP contribution in [-0.2, 0) is 9.47 Å². The van der Waals surface area contributed by atoms with Gasteiger partial charge in [0.15, 0.2) is 5.65 Å². The minimum atomic E-state index is 0.599. The summed E-state index contributed by atoms with van der Waals surface area (Å²) in [6, 6.07) is 7.68. The highest BCUT2D eigenvalue weighted by molar-refractivity contribution is 5.87. The smallest absolute Gasteiger partial charge is 0.168 e. The van der Waals surface area contributed by atoms with Crippen molar-refractivity contribution in [2.75, 3.05) is 52.5 Å². The van der Waals surface area contributed by atoms with Crippen LogP contribution in [0.2, 0.25) is 0 Å². The van der Waals surface area contributed by atoms with E-state index in [1.165, 1.54) is 0 Å². The number of benzene rings is 1. The van der Waals surface area contributed by atoms with Crippen molar-refractivity contribution in [1.29, 1.82) is 0 Å². The van der Waals surface area contributed by atoms with Crippen molar-refractivity contribution >= 4 is 16.9 Å². The second-order valence-corrected chi connectivity index (χ2v) is 5.66. The van der Waals surface area contributed by atoms with Crippen LogP contribution in [0.15, 0.2) is 36.8 Å². The zero-order valence-electron chi connectivity index (χ0n) is 15.3. The minimum absolute atomic E-state index is 0.599. The predicted molar refractivity (Wildman–Crippen MR) is 99.2 cm³/mol. The standard InChI is InChI=1S/C18H23N5O3/c1-24-10-8-22(9-11-25-2)17-16-12-21-23(18(16)20-13-19-17)14-4-6-15(26-3)7-5-14/h4-7,12-13H,8-11H2,1-3H3. The Morgan fingerprint density at radius 1 is 0.962 bits per heavy atom. The summed E-state index contributed by atoms with van der Waals surface area (Å²) in [7, 11) is 5.02. The average Bonchev–Trinajstić information content (AvgIpc) is 3.12. The van der Waals surface area contributed by atoms with E-state index in [0.717, 1.165) is 28.3 Å². The van der Waals surface area contributed by atoms with Crippen LogP contribution < -0.4 is 9.64 Å². The molecule has 8 nitrogen and oxygen atoms in total. The molecule has 0 radical (unpaired) electrons. The van der Waals surface area contributed by atoms with Crippen LogP contribution in [0.1, 0.15) is 0 Å². The van der Waals surface area contributed by atoms with Gasteiger partial charge >= 0.3 is 0 Å². The van der Waals surface area contributed by atoms with E-state index in [0.29, 0.717) is 26.3 Å². The third kappa shape index (κ3) is 3.76. The third-order valence-electron chi connectivity index (χ3n) is 4.09. The lowest BCUT2D eigenvalue weighted by atomic mass is 10.3. The topological polar surface area (TPSA) is 74.5 Å². The van der Waals surface area contributed by atoms with Crippen LogP contribution in [-0.4, -0.2) is 67.4 Å². The monoisotopic (exact) mass is 357 g/mol. The second-order valence-electron chi connectivity index (χ2n) is 5.66. The number of aromatic nitrogens is 4. The molecule has 138 valence electrons. The van der Waals surface area contributed by atoms with Crippen LogP contribution in [0.4, 0.5) is 5.82 Å². The summed E-state index contributed by atoms with van der Waals surface area (Å²) < 4.78 is 17.5. The van der Waals surface area contributed by atoms with Crippen molar-refractivity contribution < 1.29 is 14.2 Å². The maximum absolute atomic E-state index is 5.22. The van der Waals surface area contributed by atoms with Gasteiger partial charge in [-0.25, -0.2) is 14.6 Å². The fourth-order valence-corrected chi connectivity index (χ4v) is 2.72. The number of anilines is 1. The molecule has 0 spiro atoms. The van der Waals surface area contributed by atoms with E-state index in [9.17, 15) is 0 Å². The van der Waals surface area contributed by atoms with E-state index in [2.05, 4.69) is 20.0 Å². The van der Waals surface area contributed by atoms with Crippen molar-refractivity contribution in [3.63, 3.8) is 0 Å². The quantitative estimate of drug-likeness (QED) is 0.579. The SMILES string of the molecule is COCCN(CCOC)c1ncnc2c1cnn2-c1ccc(OC)cc1. The highest BCUT2D eigenvalue weighted by atomic mass is 16.5. The Kier molecular flexibility index (Phi) is 5.98. The summed E-state index contributed by atoms with van der Waals surface area (Å²) >= 11 is 0. The molecule has 0 fully saturated rings. The second kappa shape index (κ2) is 8.59. The molecule has 26 heavy (non-hydrogen) atoms. The van der Waals surface area contributed by atoms with Crippen molar-refractivity contribution in [2.24, 2.45) is 0 Å². The van der Waals surface area contributed by atoms with Crippen LogP contribution in [0.3, 0.4) is 0 Å². The molecule has 0 N–H and O–H groups in total. The molecule has 0 saturated heterocycles. The van der Waals surface area contributed by atoms with Gasteiger partial charge in [0.25, 0.3) is 0 Å². The lowest BCUT2D eigenvalue weighted by Crippen LogP contribution is -2.31. The number of rotatable bonds is 9. The summed E-state index contributed by atoms with van der Waals surface area (Å²) in [5.41, 5.74) is 1.66. The number of methoxy groups -OCH3 is 3. The number of hydrogen-bond acceptors (Lipinski definition) is 7. The van der Waals surface area contributed by atoms with Crippen molar-refractivity contribution in [3.8, 4) is 11.4 Å². The van der Waals surface area contributed by atoms with Crippen molar-refractivity contribution in [3.05, 3.63) is 36.8 Å². The molecule has 2 heterocycles. The molecule has 0 aliphatic rings. The summed E-state index contributed by atoms with van der Waals surface area (Å²) in [5.74, 6) is 1.62. The molecular formula is C18H23N5O3. The van der Waals surface area contributed by atoms with Gasteiger partial charge in [0.2, 0.25) is 0 Å². The van der Waals surface area contributed by atoms with Crippen molar-refractivity contribution in [2.45, 2.75) is 0 Å². The van der Waals surface area contributed by atoms with Crippen molar-refractivity contribution in [1.82, 2.24) is 19.7 Å². The maximum Gasteiger partial charge on any atom is 0.168 e. The molecule has 0 atom stereocenters. The first-order valence-electron chi connectivity index (χ1n) is 8.34.